The zero-order chi connectivity index (χ0) is 25.7. The monoisotopic (exact) mass is 524 g/mol. The minimum atomic E-state index is -1.23. The summed E-state index contributed by atoms with van der Waals surface area (Å²) in [4.78, 5) is 24.0. The van der Waals surface area contributed by atoms with Crippen molar-refractivity contribution in [2.75, 3.05) is 25.8 Å². The molecular formula is C21H24N4O8S2. The minimum Gasteiger partial charge on any atom is -0.395 e. The lowest BCUT2D eigenvalue weighted by Crippen LogP contribution is -2.56. The van der Waals surface area contributed by atoms with E-state index in [0.717, 1.165) is 0 Å². The Labute approximate surface area is 209 Å². The van der Waals surface area contributed by atoms with Gasteiger partial charge in [-0.25, -0.2) is 0 Å². The normalized spacial score (nSPS) is 18.1. The van der Waals surface area contributed by atoms with Gasteiger partial charge in [-0.05, 0) is 35.4 Å². The highest BCUT2D eigenvalue weighted by molar-refractivity contribution is 8.22. The van der Waals surface area contributed by atoms with Gasteiger partial charge < -0.3 is 25.3 Å². The van der Waals surface area contributed by atoms with Gasteiger partial charge in [-0.2, -0.15) is 0 Å². The molecule has 1 aliphatic heterocycles. The number of nitro benzene ring substituents is 2. The van der Waals surface area contributed by atoms with E-state index in [1.807, 2.05) is 0 Å². The molecule has 0 unspecified atom stereocenters. The summed E-state index contributed by atoms with van der Waals surface area (Å²) in [5, 5.41) is 63.7. The van der Waals surface area contributed by atoms with Crippen molar-refractivity contribution in [3.8, 4) is 0 Å². The second-order valence-corrected chi connectivity index (χ2v) is 9.40. The summed E-state index contributed by atoms with van der Waals surface area (Å²) in [5.74, 6) is 0.316. The van der Waals surface area contributed by atoms with E-state index >= 15 is 0 Å². The summed E-state index contributed by atoms with van der Waals surface area (Å²) in [6.45, 7) is -0.855. The van der Waals surface area contributed by atoms with Gasteiger partial charge in [-0.15, -0.1) is 0 Å². The second-order valence-electron chi connectivity index (χ2n) is 7.83. The summed E-state index contributed by atoms with van der Waals surface area (Å²) >= 11 is 6.65. The van der Waals surface area contributed by atoms with Gasteiger partial charge in [-0.3, -0.25) is 25.1 Å². The van der Waals surface area contributed by atoms with Crippen LogP contribution in [0.1, 0.15) is 23.3 Å². The lowest BCUT2D eigenvalue weighted by atomic mass is 10.0. The van der Waals surface area contributed by atoms with Crippen molar-refractivity contribution in [1.82, 2.24) is 9.80 Å². The minimum absolute atomic E-state index is 0.0658. The Balaban J connectivity index is 1.78. The highest BCUT2D eigenvalue weighted by Gasteiger charge is 2.37. The van der Waals surface area contributed by atoms with Gasteiger partial charge in [0.2, 0.25) is 0 Å². The number of aliphatic hydroxyl groups is 4. The molecule has 4 N–H and O–H groups in total. The van der Waals surface area contributed by atoms with Crippen molar-refractivity contribution >= 4 is 39.7 Å². The van der Waals surface area contributed by atoms with E-state index in [1.54, 1.807) is 9.80 Å². The van der Waals surface area contributed by atoms with Crippen molar-refractivity contribution < 1.29 is 30.3 Å². The van der Waals surface area contributed by atoms with E-state index in [4.69, 9.17) is 12.2 Å². The second kappa shape index (κ2) is 11.8. The molecule has 0 bridgehead atoms. The number of hydrogen-bond donors (Lipinski definition) is 4. The molecule has 2 aromatic rings. The third-order valence-electron chi connectivity index (χ3n) is 5.79. The Morgan fingerprint density at radius 1 is 0.857 bits per heavy atom. The van der Waals surface area contributed by atoms with Crippen LogP contribution in [-0.4, -0.2) is 82.2 Å². The highest BCUT2D eigenvalue weighted by atomic mass is 32.2. The number of benzene rings is 2. The molecule has 0 radical (unpaired) electrons. The molecule has 1 saturated heterocycles. The van der Waals surface area contributed by atoms with Crippen LogP contribution in [0.5, 0.6) is 0 Å². The fourth-order valence-electron chi connectivity index (χ4n) is 3.77. The quantitative estimate of drug-likeness (QED) is 0.201. The van der Waals surface area contributed by atoms with Crippen LogP contribution >= 0.6 is 24.0 Å². The lowest BCUT2D eigenvalue weighted by Gasteiger charge is -2.45. The van der Waals surface area contributed by atoms with Gasteiger partial charge in [0.15, 0.2) is 0 Å². The smallest absolute Gasteiger partial charge is 0.269 e. The molecule has 0 aliphatic carbocycles. The average Bonchev–Trinajstić information content (AvgIpc) is 2.86. The maximum absolute atomic E-state index is 10.9. The van der Waals surface area contributed by atoms with E-state index in [-0.39, 0.29) is 18.0 Å². The first-order valence-electron chi connectivity index (χ1n) is 10.4. The third-order valence-corrected chi connectivity index (χ3v) is 7.32. The summed E-state index contributed by atoms with van der Waals surface area (Å²) in [6, 6.07) is 8.98. The summed E-state index contributed by atoms with van der Waals surface area (Å²) < 4.78 is 0.391. The van der Waals surface area contributed by atoms with Crippen molar-refractivity contribution in [2.24, 2.45) is 0 Å². The molecule has 4 atom stereocenters. The molecule has 3 rings (SSSR count). The first kappa shape index (κ1) is 26.9. The van der Waals surface area contributed by atoms with Crippen LogP contribution < -0.4 is 0 Å². The molecule has 12 nitrogen and oxygen atoms in total. The number of nitro groups is 2. The van der Waals surface area contributed by atoms with Crippen molar-refractivity contribution in [3.05, 3.63) is 79.9 Å². The number of aliphatic hydroxyl groups excluding tert-OH is 4. The van der Waals surface area contributed by atoms with E-state index in [2.05, 4.69) is 0 Å². The van der Waals surface area contributed by atoms with Crippen LogP contribution in [0.4, 0.5) is 11.4 Å². The maximum atomic E-state index is 10.9. The van der Waals surface area contributed by atoms with E-state index in [1.165, 1.54) is 60.3 Å². The first-order valence-corrected chi connectivity index (χ1v) is 11.8. The number of nitrogens with zero attached hydrogens (tertiary/aromatic N) is 4. The van der Waals surface area contributed by atoms with Gasteiger partial charge >= 0.3 is 0 Å². The van der Waals surface area contributed by atoms with Crippen LogP contribution in [0, 0.1) is 20.2 Å². The van der Waals surface area contributed by atoms with E-state index < -0.39 is 47.4 Å². The fraction of sp³-hybridized carbons (Fsp3) is 0.381. The number of hydrogen-bond acceptors (Lipinski definition) is 11. The van der Waals surface area contributed by atoms with Crippen LogP contribution in [0.15, 0.2) is 48.5 Å². The van der Waals surface area contributed by atoms with E-state index in [9.17, 15) is 40.7 Å². The van der Waals surface area contributed by atoms with E-state index in [0.29, 0.717) is 21.3 Å². The molecule has 188 valence electrons. The Hall–Kier alpha value is -2.72. The van der Waals surface area contributed by atoms with Gasteiger partial charge in [0.25, 0.3) is 11.4 Å². The summed E-state index contributed by atoms with van der Waals surface area (Å²) in [7, 11) is 0. The molecule has 1 heterocycles. The number of rotatable bonds is 10. The SMILES string of the molecule is O=[N+]([O-])c1ccc([C@@H](O)[C@@H](CO)N2CN([C@@H](CO)[C@@H](O)c3ccc([N+](=O)[O-])cc3)CSC2=S)cc1. The molecular weight excluding hydrogens is 500 g/mol. The Morgan fingerprint density at radius 3 is 1.69 bits per heavy atom. The Bertz CT molecular complexity index is 1060. The molecule has 2 aromatic carbocycles. The Kier molecular flexibility index (Phi) is 9.07. The number of thioether (sulfide) groups is 1. The molecule has 0 amide bonds. The fourth-order valence-corrected chi connectivity index (χ4v) is 5.03. The number of thiocarbonyl (C=S) groups is 1. The standard InChI is InChI=1S/C21H24N4O8S2/c26-9-17(19(28)13-1-5-15(6-2-13)24(30)31)22-11-23(21(34)35-12-22)18(10-27)20(29)14-3-7-16(8-4-14)25(32)33/h1-8,17-20,26-29H,9-12H2/t17-,18+,19-,20+/m0/s1. The van der Waals surface area contributed by atoms with Crippen LogP contribution in [-0.2, 0) is 0 Å². The van der Waals surface area contributed by atoms with Crippen molar-refractivity contribution in [1.29, 1.82) is 0 Å². The first-order chi connectivity index (χ1) is 16.7. The highest BCUT2D eigenvalue weighted by Crippen LogP contribution is 2.32. The van der Waals surface area contributed by atoms with Crippen LogP contribution in [0.3, 0.4) is 0 Å². The van der Waals surface area contributed by atoms with Crippen molar-refractivity contribution in [2.45, 2.75) is 24.3 Å². The Morgan fingerprint density at radius 2 is 1.29 bits per heavy atom. The molecule has 0 spiro atoms. The van der Waals surface area contributed by atoms with Crippen LogP contribution in [0.25, 0.3) is 0 Å². The molecule has 1 fully saturated rings. The molecule has 1 aliphatic rings. The van der Waals surface area contributed by atoms with Gasteiger partial charge in [0.1, 0.15) is 10.4 Å². The lowest BCUT2D eigenvalue weighted by molar-refractivity contribution is -0.385. The summed E-state index contributed by atoms with van der Waals surface area (Å²) in [6.07, 6.45) is -2.41. The maximum Gasteiger partial charge on any atom is 0.269 e. The average molecular weight is 525 g/mol. The molecule has 0 saturated carbocycles. The third kappa shape index (κ3) is 6.10. The van der Waals surface area contributed by atoms with Crippen molar-refractivity contribution in [3.63, 3.8) is 0 Å². The predicted octanol–water partition coefficient (Wildman–Crippen LogP) is 1.54. The van der Waals surface area contributed by atoms with Gasteiger partial charge in [-0.1, -0.05) is 24.0 Å². The molecule has 35 heavy (non-hydrogen) atoms. The largest absolute Gasteiger partial charge is 0.395 e. The molecule has 14 heteroatoms. The van der Waals surface area contributed by atoms with Gasteiger partial charge in [0, 0.05) is 24.3 Å². The van der Waals surface area contributed by atoms with Crippen LogP contribution in [0.2, 0.25) is 0 Å². The predicted molar refractivity (Wildman–Crippen MR) is 131 cm³/mol. The van der Waals surface area contributed by atoms with Gasteiger partial charge in [0.05, 0.1) is 53.8 Å². The number of non-ortho nitro benzene ring substituents is 2. The topological polar surface area (TPSA) is 174 Å². The zero-order valence-corrected chi connectivity index (χ0v) is 19.9. The molecule has 0 aromatic heterocycles. The summed E-state index contributed by atoms with van der Waals surface area (Å²) in [5.41, 5.74) is 0.466. The zero-order valence-electron chi connectivity index (χ0n) is 18.3.